The number of sulfonamides is 1. The minimum Gasteiger partial charge on any atom is -0.356 e. The summed E-state index contributed by atoms with van der Waals surface area (Å²) in [4.78, 5) is 13.6. The molecule has 0 aliphatic heterocycles. The van der Waals surface area contributed by atoms with Gasteiger partial charge in [0.1, 0.15) is 17.5 Å². The number of hydrogen-bond donors (Lipinski definition) is 3. The SMILES string of the molecule is CCNS(=O)(=O)CC.O=CNC1CC(c2c(-c3ccc(F)cc3)[nH]c3c(F)cc(F)cc23)C1. The third-order valence-electron chi connectivity index (χ3n) is 5.59. The topological polar surface area (TPSA) is 91.1 Å². The molecule has 0 atom stereocenters. The van der Waals surface area contributed by atoms with Crippen LogP contribution < -0.4 is 10.0 Å². The van der Waals surface area contributed by atoms with Crippen LogP contribution in [-0.4, -0.2) is 38.2 Å². The van der Waals surface area contributed by atoms with Gasteiger partial charge >= 0.3 is 0 Å². The maximum atomic E-state index is 14.2. The number of carbonyl (C=O) groups is 1. The van der Waals surface area contributed by atoms with Gasteiger partial charge in [-0.15, -0.1) is 0 Å². The number of H-pyrrole nitrogens is 1. The van der Waals surface area contributed by atoms with Crippen LogP contribution in [0.5, 0.6) is 0 Å². The molecule has 6 nitrogen and oxygen atoms in total. The molecular weight excluding hydrogens is 455 g/mol. The van der Waals surface area contributed by atoms with Crippen molar-refractivity contribution >= 4 is 27.3 Å². The van der Waals surface area contributed by atoms with Crippen molar-refractivity contribution in [1.82, 2.24) is 15.0 Å². The predicted molar refractivity (Wildman–Crippen MR) is 122 cm³/mol. The van der Waals surface area contributed by atoms with E-state index in [0.29, 0.717) is 42.4 Å². The number of carbonyl (C=O) groups excluding carboxylic acids is 1. The molecule has 178 valence electrons. The van der Waals surface area contributed by atoms with Crippen LogP contribution in [0.2, 0.25) is 0 Å². The second kappa shape index (κ2) is 10.4. The molecule has 0 saturated heterocycles. The molecule has 1 fully saturated rings. The first kappa shape index (κ1) is 24.8. The van der Waals surface area contributed by atoms with Gasteiger partial charge in [-0.25, -0.2) is 26.3 Å². The fourth-order valence-corrected chi connectivity index (χ4v) is 4.56. The van der Waals surface area contributed by atoms with E-state index in [1.165, 1.54) is 18.2 Å². The van der Waals surface area contributed by atoms with E-state index in [4.69, 9.17) is 0 Å². The zero-order valence-electron chi connectivity index (χ0n) is 18.3. The monoisotopic (exact) mass is 481 g/mol. The molecule has 0 radical (unpaired) electrons. The van der Waals surface area contributed by atoms with Gasteiger partial charge in [0, 0.05) is 24.0 Å². The van der Waals surface area contributed by atoms with Gasteiger partial charge in [-0.05, 0) is 67.1 Å². The second-order valence-electron chi connectivity index (χ2n) is 7.78. The van der Waals surface area contributed by atoms with E-state index in [2.05, 4.69) is 15.0 Å². The lowest BCUT2D eigenvalue weighted by Gasteiger charge is -2.35. The Kier molecular flexibility index (Phi) is 7.80. The normalized spacial score (nSPS) is 17.7. The fourth-order valence-electron chi connectivity index (χ4n) is 3.92. The Morgan fingerprint density at radius 3 is 2.27 bits per heavy atom. The molecule has 1 saturated carbocycles. The lowest BCUT2D eigenvalue weighted by molar-refractivity contribution is -0.110. The number of aromatic amines is 1. The Labute approximate surface area is 190 Å². The number of rotatable bonds is 7. The Balaban J connectivity index is 0.000000331. The Morgan fingerprint density at radius 1 is 1.06 bits per heavy atom. The molecule has 3 N–H and O–H groups in total. The summed E-state index contributed by atoms with van der Waals surface area (Å²) in [5.74, 6) is -1.44. The first-order valence-corrected chi connectivity index (χ1v) is 12.3. The molecule has 1 amide bonds. The molecule has 0 unspecified atom stereocenters. The van der Waals surface area contributed by atoms with Gasteiger partial charge in [-0.3, -0.25) is 4.79 Å². The molecule has 3 aromatic rings. The van der Waals surface area contributed by atoms with Crippen molar-refractivity contribution in [1.29, 1.82) is 0 Å². The van der Waals surface area contributed by atoms with E-state index >= 15 is 0 Å². The standard InChI is InChI=1S/C19H15F3N2O.C4H11NO2S/c20-12-3-1-10(2-4-12)18-17(11-5-14(6-11)23-9-25)15-7-13(21)8-16(22)19(15)24-18;1-3-5-8(6,7)4-2/h1-4,7-9,11,14,24H,5-6H2,(H,23,25);5H,3-4H2,1-2H3. The third-order valence-corrected chi connectivity index (χ3v) is 7.08. The minimum atomic E-state index is -2.92. The quantitative estimate of drug-likeness (QED) is 0.442. The predicted octanol–water partition coefficient (Wildman–Crippen LogP) is 4.19. The molecular formula is C23H26F3N3O3S. The lowest BCUT2D eigenvalue weighted by atomic mass is 9.74. The Hall–Kier alpha value is -2.85. The van der Waals surface area contributed by atoms with Crippen LogP contribution in [-0.2, 0) is 14.8 Å². The van der Waals surface area contributed by atoms with Crippen molar-refractivity contribution in [2.45, 2.75) is 38.6 Å². The van der Waals surface area contributed by atoms with E-state index in [1.807, 2.05) is 0 Å². The molecule has 4 rings (SSSR count). The van der Waals surface area contributed by atoms with E-state index in [0.717, 1.165) is 11.6 Å². The first-order valence-electron chi connectivity index (χ1n) is 10.6. The zero-order chi connectivity index (χ0) is 24.2. The summed E-state index contributed by atoms with van der Waals surface area (Å²) < 4.78 is 64.5. The molecule has 33 heavy (non-hydrogen) atoms. The summed E-state index contributed by atoms with van der Waals surface area (Å²) in [5, 5.41) is 3.21. The smallest absolute Gasteiger partial charge is 0.211 e. The van der Waals surface area contributed by atoms with Crippen LogP contribution in [0, 0.1) is 17.5 Å². The number of aromatic nitrogens is 1. The zero-order valence-corrected chi connectivity index (χ0v) is 19.1. The molecule has 0 spiro atoms. The number of nitrogens with one attached hydrogen (secondary N) is 3. The maximum Gasteiger partial charge on any atom is 0.211 e. The minimum absolute atomic E-state index is 0.0620. The maximum absolute atomic E-state index is 14.2. The van der Waals surface area contributed by atoms with Crippen molar-refractivity contribution in [3.05, 3.63) is 59.4 Å². The molecule has 0 bridgehead atoms. The van der Waals surface area contributed by atoms with Crippen LogP contribution in [0.25, 0.3) is 22.2 Å². The number of hydrogen-bond acceptors (Lipinski definition) is 3. The highest BCUT2D eigenvalue weighted by molar-refractivity contribution is 7.89. The highest BCUT2D eigenvalue weighted by Crippen LogP contribution is 2.45. The fraction of sp³-hybridized carbons (Fsp3) is 0.348. The average Bonchev–Trinajstić information content (AvgIpc) is 3.10. The molecule has 10 heteroatoms. The van der Waals surface area contributed by atoms with Gasteiger partial charge in [0.15, 0.2) is 0 Å². The molecule has 1 aliphatic rings. The van der Waals surface area contributed by atoms with E-state index in [1.54, 1.807) is 26.0 Å². The lowest BCUT2D eigenvalue weighted by Crippen LogP contribution is -2.39. The van der Waals surface area contributed by atoms with Crippen molar-refractivity contribution < 1.29 is 26.4 Å². The first-order chi connectivity index (χ1) is 15.7. The summed E-state index contributed by atoms with van der Waals surface area (Å²) in [5.41, 5.74) is 2.42. The Bertz CT molecular complexity index is 1220. The van der Waals surface area contributed by atoms with Crippen molar-refractivity contribution in [3.63, 3.8) is 0 Å². The van der Waals surface area contributed by atoms with Gasteiger partial charge in [-0.2, -0.15) is 0 Å². The number of amides is 1. The van der Waals surface area contributed by atoms with Crippen LogP contribution in [0.4, 0.5) is 13.2 Å². The van der Waals surface area contributed by atoms with Crippen molar-refractivity contribution in [2.24, 2.45) is 0 Å². The van der Waals surface area contributed by atoms with Gasteiger partial charge in [0.25, 0.3) is 0 Å². The highest BCUT2D eigenvalue weighted by atomic mass is 32.2. The van der Waals surface area contributed by atoms with Crippen LogP contribution in [0.1, 0.15) is 38.2 Å². The largest absolute Gasteiger partial charge is 0.356 e. The summed E-state index contributed by atoms with van der Waals surface area (Å²) in [6, 6.07) is 8.10. The van der Waals surface area contributed by atoms with Crippen molar-refractivity contribution in [3.8, 4) is 11.3 Å². The Morgan fingerprint density at radius 2 is 1.73 bits per heavy atom. The van der Waals surface area contributed by atoms with Crippen molar-refractivity contribution in [2.75, 3.05) is 12.3 Å². The average molecular weight is 482 g/mol. The number of halogens is 3. The summed E-state index contributed by atoms with van der Waals surface area (Å²) in [7, 11) is -2.92. The van der Waals surface area contributed by atoms with Gasteiger partial charge < -0.3 is 10.3 Å². The third kappa shape index (κ3) is 5.75. The van der Waals surface area contributed by atoms with Crippen LogP contribution >= 0.6 is 0 Å². The summed E-state index contributed by atoms with van der Waals surface area (Å²) in [6.45, 7) is 3.85. The van der Waals surface area contributed by atoms with E-state index < -0.39 is 21.7 Å². The van der Waals surface area contributed by atoms with Gasteiger partial charge in [0.2, 0.25) is 16.4 Å². The highest BCUT2D eigenvalue weighted by Gasteiger charge is 2.34. The van der Waals surface area contributed by atoms with E-state index in [9.17, 15) is 26.4 Å². The molecule has 1 heterocycles. The number of fused-ring (bicyclic) bond motifs is 1. The number of benzene rings is 2. The van der Waals surface area contributed by atoms with Gasteiger partial charge in [0.05, 0.1) is 17.0 Å². The van der Waals surface area contributed by atoms with Crippen LogP contribution in [0.3, 0.4) is 0 Å². The molecule has 2 aromatic carbocycles. The second-order valence-corrected chi connectivity index (χ2v) is 9.88. The van der Waals surface area contributed by atoms with Gasteiger partial charge in [-0.1, -0.05) is 6.92 Å². The summed E-state index contributed by atoms with van der Waals surface area (Å²) in [6.07, 6.45) is 2.05. The molecule has 1 aliphatic carbocycles. The summed E-state index contributed by atoms with van der Waals surface area (Å²) >= 11 is 0. The molecule has 1 aromatic heterocycles. The van der Waals surface area contributed by atoms with Crippen LogP contribution in [0.15, 0.2) is 36.4 Å². The van der Waals surface area contributed by atoms with E-state index in [-0.39, 0.29) is 29.0 Å².